The molecule has 6 nitrogen and oxygen atoms in total. The predicted molar refractivity (Wildman–Crippen MR) is 136 cm³/mol. The van der Waals surface area contributed by atoms with E-state index in [2.05, 4.69) is 10.6 Å². The summed E-state index contributed by atoms with van der Waals surface area (Å²) in [7, 11) is 1.34. The Kier molecular flexibility index (Phi) is 8.79. The largest absolute Gasteiger partial charge is 0.469 e. The molecule has 0 fully saturated rings. The van der Waals surface area contributed by atoms with Crippen LogP contribution in [-0.2, 0) is 27.2 Å². The average Bonchev–Trinajstić information content (AvgIpc) is 2.89. The van der Waals surface area contributed by atoms with Crippen LogP contribution in [0.2, 0.25) is 0 Å². The van der Waals surface area contributed by atoms with Crippen molar-refractivity contribution in [3.05, 3.63) is 108 Å². The summed E-state index contributed by atoms with van der Waals surface area (Å²) in [6.45, 7) is 3.50. The third-order valence-electron chi connectivity index (χ3n) is 6.12. The van der Waals surface area contributed by atoms with Crippen LogP contribution in [0, 0.1) is 5.41 Å². The highest BCUT2D eigenvalue weighted by atomic mass is 16.5. The van der Waals surface area contributed by atoms with Crippen molar-refractivity contribution in [3.63, 3.8) is 0 Å². The molecule has 2 N–H and O–H groups in total. The van der Waals surface area contributed by atoms with Crippen LogP contribution in [0.25, 0.3) is 0 Å². The van der Waals surface area contributed by atoms with Crippen molar-refractivity contribution in [1.29, 1.82) is 0 Å². The molecular formula is C29H32N2O4. The Labute approximate surface area is 206 Å². The highest BCUT2D eigenvalue weighted by Crippen LogP contribution is 2.26. The molecule has 0 aromatic heterocycles. The number of amides is 2. The molecule has 3 aromatic rings. The zero-order valence-corrected chi connectivity index (χ0v) is 20.4. The third-order valence-corrected chi connectivity index (χ3v) is 6.12. The summed E-state index contributed by atoms with van der Waals surface area (Å²) in [5.74, 6) is -1.13. The third kappa shape index (κ3) is 7.03. The van der Waals surface area contributed by atoms with E-state index in [-0.39, 0.29) is 11.8 Å². The van der Waals surface area contributed by atoms with Gasteiger partial charge in [0, 0.05) is 18.0 Å². The molecule has 0 spiro atoms. The Morgan fingerprint density at radius 1 is 0.743 bits per heavy atom. The minimum Gasteiger partial charge on any atom is -0.469 e. The molecule has 0 saturated heterocycles. The fourth-order valence-corrected chi connectivity index (χ4v) is 3.90. The van der Waals surface area contributed by atoms with E-state index in [9.17, 15) is 14.4 Å². The van der Waals surface area contributed by atoms with E-state index in [0.717, 1.165) is 11.1 Å². The second-order valence-corrected chi connectivity index (χ2v) is 9.05. The van der Waals surface area contributed by atoms with E-state index in [1.165, 1.54) is 7.11 Å². The molecule has 3 rings (SSSR count). The average molecular weight is 473 g/mol. The lowest BCUT2D eigenvalue weighted by atomic mass is 9.80. The van der Waals surface area contributed by atoms with Crippen LogP contribution >= 0.6 is 0 Å². The number of hydrogen-bond donors (Lipinski definition) is 2. The topological polar surface area (TPSA) is 84.5 Å². The van der Waals surface area contributed by atoms with Gasteiger partial charge in [0.1, 0.15) is 6.04 Å². The van der Waals surface area contributed by atoms with Crippen molar-refractivity contribution in [2.45, 2.75) is 38.8 Å². The fourth-order valence-electron chi connectivity index (χ4n) is 3.90. The molecule has 0 aliphatic rings. The van der Waals surface area contributed by atoms with Crippen LogP contribution in [-0.4, -0.2) is 37.0 Å². The van der Waals surface area contributed by atoms with Crippen LogP contribution in [0.15, 0.2) is 91.0 Å². The van der Waals surface area contributed by atoms with Crippen LogP contribution in [0.1, 0.15) is 35.3 Å². The summed E-state index contributed by atoms with van der Waals surface area (Å²) in [5, 5.41) is 5.92. The van der Waals surface area contributed by atoms with Gasteiger partial charge in [-0.05, 0) is 43.5 Å². The number of benzene rings is 3. The number of nitrogens with one attached hydrogen (secondary N) is 2. The summed E-state index contributed by atoms with van der Waals surface area (Å²) >= 11 is 0. The van der Waals surface area contributed by atoms with Gasteiger partial charge < -0.3 is 15.4 Å². The lowest BCUT2D eigenvalue weighted by molar-refractivity contribution is -0.152. The van der Waals surface area contributed by atoms with Crippen molar-refractivity contribution < 1.29 is 19.1 Å². The SMILES string of the molecule is COC(=O)C(C)(C)[C@@H](Cc1ccccc1)NC(=O)[C@H](Cc1ccccc1)NC(=O)c1ccccc1. The van der Waals surface area contributed by atoms with E-state index in [4.69, 9.17) is 4.74 Å². The summed E-state index contributed by atoms with van der Waals surface area (Å²) < 4.78 is 5.03. The number of rotatable bonds is 10. The maximum Gasteiger partial charge on any atom is 0.313 e. The standard InChI is InChI=1S/C29H32N2O4/c1-29(2,28(34)35-3)25(20-22-15-9-5-10-16-22)31-27(33)24(19-21-13-7-4-8-14-21)30-26(32)23-17-11-6-12-18-23/h4-18,24-25H,19-20H2,1-3H3,(H,30,32)(H,31,33)/t24-,25+/m0/s1. The molecule has 35 heavy (non-hydrogen) atoms. The van der Waals surface area contributed by atoms with Gasteiger partial charge in [-0.25, -0.2) is 0 Å². The normalized spacial score (nSPS) is 12.8. The fraction of sp³-hybridized carbons (Fsp3) is 0.276. The van der Waals surface area contributed by atoms with E-state index >= 15 is 0 Å². The predicted octanol–water partition coefficient (Wildman–Crippen LogP) is 3.95. The number of carbonyl (C=O) groups is 3. The van der Waals surface area contributed by atoms with Crippen molar-refractivity contribution in [1.82, 2.24) is 10.6 Å². The molecule has 3 aromatic carbocycles. The van der Waals surface area contributed by atoms with Crippen molar-refractivity contribution in [2.75, 3.05) is 7.11 Å². The molecule has 182 valence electrons. The van der Waals surface area contributed by atoms with Gasteiger partial charge in [-0.3, -0.25) is 14.4 Å². The molecule has 2 atom stereocenters. The zero-order chi connectivity index (χ0) is 25.3. The van der Waals surface area contributed by atoms with Gasteiger partial charge in [-0.1, -0.05) is 78.9 Å². The molecule has 0 unspecified atom stereocenters. The van der Waals surface area contributed by atoms with E-state index < -0.39 is 23.5 Å². The molecule has 0 saturated carbocycles. The van der Waals surface area contributed by atoms with Crippen LogP contribution in [0.4, 0.5) is 0 Å². The lowest BCUT2D eigenvalue weighted by Gasteiger charge is -2.34. The maximum absolute atomic E-state index is 13.6. The molecule has 6 heteroatoms. The summed E-state index contributed by atoms with van der Waals surface area (Å²) in [6.07, 6.45) is 0.737. The minimum atomic E-state index is -0.999. The Hall–Kier alpha value is -3.93. The zero-order valence-electron chi connectivity index (χ0n) is 20.4. The smallest absolute Gasteiger partial charge is 0.313 e. The van der Waals surface area contributed by atoms with E-state index in [0.29, 0.717) is 18.4 Å². The Balaban J connectivity index is 1.87. The number of esters is 1. The quantitative estimate of drug-likeness (QED) is 0.438. The molecule has 0 aliphatic carbocycles. The highest BCUT2D eigenvalue weighted by Gasteiger charge is 2.40. The van der Waals surface area contributed by atoms with Crippen molar-refractivity contribution >= 4 is 17.8 Å². The molecule has 0 aliphatic heterocycles. The summed E-state index contributed by atoms with van der Waals surface area (Å²) in [6, 6.07) is 26.5. The van der Waals surface area contributed by atoms with Gasteiger partial charge in [0.05, 0.1) is 12.5 Å². The molecule has 0 bridgehead atoms. The van der Waals surface area contributed by atoms with Gasteiger partial charge in [0.25, 0.3) is 5.91 Å². The molecular weight excluding hydrogens is 440 g/mol. The first kappa shape index (κ1) is 25.7. The minimum absolute atomic E-state index is 0.307. The molecule has 0 heterocycles. The first-order chi connectivity index (χ1) is 16.8. The highest BCUT2D eigenvalue weighted by molar-refractivity contribution is 5.97. The van der Waals surface area contributed by atoms with Gasteiger partial charge in [0.2, 0.25) is 5.91 Å². The lowest BCUT2D eigenvalue weighted by Crippen LogP contribution is -2.56. The maximum atomic E-state index is 13.6. The number of ether oxygens (including phenoxy) is 1. The number of hydrogen-bond acceptors (Lipinski definition) is 4. The number of methoxy groups -OCH3 is 1. The van der Waals surface area contributed by atoms with Crippen LogP contribution in [0.3, 0.4) is 0 Å². The first-order valence-electron chi connectivity index (χ1n) is 11.6. The Morgan fingerprint density at radius 3 is 1.74 bits per heavy atom. The van der Waals surface area contributed by atoms with E-state index in [1.807, 2.05) is 66.7 Å². The second kappa shape index (κ2) is 12.0. The summed E-state index contributed by atoms with van der Waals surface area (Å²) in [5.41, 5.74) is 1.35. The van der Waals surface area contributed by atoms with Crippen LogP contribution < -0.4 is 10.6 Å². The first-order valence-corrected chi connectivity index (χ1v) is 11.6. The molecule has 0 radical (unpaired) electrons. The Bertz CT molecular complexity index is 1120. The van der Waals surface area contributed by atoms with Crippen molar-refractivity contribution in [3.8, 4) is 0 Å². The van der Waals surface area contributed by atoms with Crippen molar-refractivity contribution in [2.24, 2.45) is 5.41 Å². The number of carbonyl (C=O) groups excluding carboxylic acids is 3. The molecule has 2 amide bonds. The van der Waals surface area contributed by atoms with E-state index in [1.54, 1.807) is 38.1 Å². The summed E-state index contributed by atoms with van der Waals surface area (Å²) in [4.78, 5) is 39.1. The van der Waals surface area contributed by atoms with Gasteiger partial charge in [0.15, 0.2) is 0 Å². The second-order valence-electron chi connectivity index (χ2n) is 9.05. The van der Waals surface area contributed by atoms with Gasteiger partial charge >= 0.3 is 5.97 Å². The van der Waals surface area contributed by atoms with Gasteiger partial charge in [-0.2, -0.15) is 0 Å². The monoisotopic (exact) mass is 472 g/mol. The van der Waals surface area contributed by atoms with Gasteiger partial charge in [-0.15, -0.1) is 0 Å². The Morgan fingerprint density at radius 2 is 1.23 bits per heavy atom. The van der Waals surface area contributed by atoms with Crippen LogP contribution in [0.5, 0.6) is 0 Å².